The number of amidine groups is 1. The molecule has 1 aromatic carbocycles. The Morgan fingerprint density at radius 2 is 1.93 bits per heavy atom. The number of hydrogen-bond acceptors (Lipinski definition) is 6. The molecule has 0 radical (unpaired) electrons. The van der Waals surface area contributed by atoms with E-state index >= 15 is 0 Å². The highest BCUT2D eigenvalue weighted by Crippen LogP contribution is 2.34. The fourth-order valence-corrected chi connectivity index (χ4v) is 5.27. The Kier molecular flexibility index (Phi) is 7.65. The number of rotatable bonds is 7. The molecule has 1 fully saturated rings. The number of alkyl halides is 2. The van der Waals surface area contributed by atoms with Gasteiger partial charge in [-0.2, -0.15) is 0 Å². The Morgan fingerprint density at radius 1 is 1.27 bits per heavy atom. The van der Waals surface area contributed by atoms with Gasteiger partial charge in [0.05, 0.1) is 23.8 Å². The zero-order chi connectivity index (χ0) is 21.7. The van der Waals surface area contributed by atoms with E-state index in [0.717, 1.165) is 5.75 Å². The Bertz CT molecular complexity index is 923. The molecule has 1 saturated carbocycles. The first-order valence-electron chi connectivity index (χ1n) is 9.61. The van der Waals surface area contributed by atoms with Gasteiger partial charge in [0, 0.05) is 18.4 Å². The lowest BCUT2D eigenvalue weighted by atomic mass is 9.98. The number of nitrogens with zero attached hydrogens (tertiary/aromatic N) is 1. The number of halogens is 2. The molecule has 164 valence electrons. The summed E-state index contributed by atoms with van der Waals surface area (Å²) in [6, 6.07) is 5.91. The van der Waals surface area contributed by atoms with Gasteiger partial charge in [0.15, 0.2) is 15.0 Å². The maximum atomic E-state index is 13.6. The molecule has 10 heteroatoms. The standard InChI is InChI=1S/C20H24F2N2O4S2/c1-28-7-9-30(26,27)15-4-2-14(3-5-15)16(10-13-11-17(21)18(22)12-13)19(25)24-20-23-6-8-29-20/h2-5,10,13,17-18H,6-9,11-12H2,1H3,(H,23,24,25)/b16-10+/t13?,17-,18+. The third-order valence-electron chi connectivity index (χ3n) is 4.98. The van der Waals surface area contributed by atoms with Crippen LogP contribution < -0.4 is 5.32 Å². The van der Waals surface area contributed by atoms with Crippen LogP contribution in [0, 0.1) is 5.92 Å². The van der Waals surface area contributed by atoms with E-state index in [4.69, 9.17) is 4.74 Å². The van der Waals surface area contributed by atoms with E-state index in [2.05, 4.69) is 10.3 Å². The minimum Gasteiger partial charge on any atom is -0.384 e. The van der Waals surface area contributed by atoms with Gasteiger partial charge in [-0.05, 0) is 36.5 Å². The van der Waals surface area contributed by atoms with Gasteiger partial charge in [0.25, 0.3) is 5.91 Å². The Balaban J connectivity index is 1.86. The molecule has 1 heterocycles. The highest BCUT2D eigenvalue weighted by molar-refractivity contribution is 8.14. The molecule has 0 spiro atoms. The lowest BCUT2D eigenvalue weighted by Gasteiger charge is -2.12. The molecule has 1 aliphatic heterocycles. The molecule has 1 amide bonds. The number of ether oxygens (including phenoxy) is 1. The SMILES string of the molecule is COCCS(=O)(=O)c1ccc(/C(=C\C2C[C@@H](F)[C@@H](F)C2)C(=O)NC2=NCCS2)cc1. The molecule has 0 bridgehead atoms. The molecule has 3 atom stereocenters. The van der Waals surface area contributed by atoms with Crippen LogP contribution >= 0.6 is 11.8 Å². The summed E-state index contributed by atoms with van der Waals surface area (Å²) >= 11 is 1.42. The summed E-state index contributed by atoms with van der Waals surface area (Å²) in [7, 11) is -2.08. The number of nitrogens with one attached hydrogen (secondary N) is 1. The predicted octanol–water partition coefficient (Wildman–Crippen LogP) is 2.80. The van der Waals surface area contributed by atoms with E-state index in [9.17, 15) is 22.0 Å². The number of benzene rings is 1. The van der Waals surface area contributed by atoms with Crippen LogP contribution in [0.4, 0.5) is 8.78 Å². The number of carbonyl (C=O) groups is 1. The van der Waals surface area contributed by atoms with Gasteiger partial charge in [0.2, 0.25) is 0 Å². The van der Waals surface area contributed by atoms with Gasteiger partial charge in [-0.15, -0.1) is 0 Å². The van der Waals surface area contributed by atoms with Gasteiger partial charge >= 0.3 is 0 Å². The van der Waals surface area contributed by atoms with Crippen LogP contribution in [0.5, 0.6) is 0 Å². The number of carbonyl (C=O) groups excluding carboxylic acids is 1. The second-order valence-electron chi connectivity index (χ2n) is 7.17. The van der Waals surface area contributed by atoms with Crippen LogP contribution in [-0.4, -0.2) is 63.6 Å². The highest BCUT2D eigenvalue weighted by atomic mass is 32.2. The summed E-state index contributed by atoms with van der Waals surface area (Å²) in [5, 5.41) is 3.23. The highest BCUT2D eigenvalue weighted by Gasteiger charge is 2.34. The average Bonchev–Trinajstić information content (AvgIpc) is 3.34. The van der Waals surface area contributed by atoms with Gasteiger partial charge in [-0.25, -0.2) is 17.2 Å². The number of sulfone groups is 1. The van der Waals surface area contributed by atoms with Crippen molar-refractivity contribution in [2.75, 3.05) is 31.8 Å². The number of thioether (sulfide) groups is 1. The minimum atomic E-state index is -3.51. The second kappa shape index (κ2) is 10.0. The number of amides is 1. The zero-order valence-electron chi connectivity index (χ0n) is 16.5. The molecule has 0 saturated heterocycles. The largest absolute Gasteiger partial charge is 0.384 e. The Morgan fingerprint density at radius 3 is 2.50 bits per heavy atom. The van der Waals surface area contributed by atoms with Crippen LogP contribution in [0.2, 0.25) is 0 Å². The molecule has 6 nitrogen and oxygen atoms in total. The van der Waals surface area contributed by atoms with Crippen molar-refractivity contribution in [2.45, 2.75) is 30.1 Å². The maximum Gasteiger partial charge on any atom is 0.257 e. The average molecular weight is 459 g/mol. The molecular weight excluding hydrogens is 434 g/mol. The van der Waals surface area contributed by atoms with Crippen LogP contribution in [0.3, 0.4) is 0 Å². The van der Waals surface area contributed by atoms with Crippen molar-refractivity contribution in [3.8, 4) is 0 Å². The molecule has 1 N–H and O–H groups in total. The van der Waals surface area contributed by atoms with Crippen molar-refractivity contribution in [1.82, 2.24) is 5.32 Å². The molecule has 1 aromatic rings. The predicted molar refractivity (Wildman–Crippen MR) is 114 cm³/mol. The van der Waals surface area contributed by atoms with Gasteiger partial charge in [-0.3, -0.25) is 9.79 Å². The van der Waals surface area contributed by atoms with Gasteiger partial charge in [-0.1, -0.05) is 30.0 Å². The number of aliphatic imine (C=N–C) groups is 1. The van der Waals surface area contributed by atoms with Crippen molar-refractivity contribution >= 4 is 38.2 Å². The number of methoxy groups -OCH3 is 1. The van der Waals surface area contributed by atoms with Crippen molar-refractivity contribution in [3.05, 3.63) is 35.9 Å². The monoisotopic (exact) mass is 458 g/mol. The fourth-order valence-electron chi connectivity index (χ4n) is 3.37. The van der Waals surface area contributed by atoms with Crippen LogP contribution in [-0.2, 0) is 19.4 Å². The molecule has 30 heavy (non-hydrogen) atoms. The van der Waals surface area contributed by atoms with Crippen LogP contribution in [0.25, 0.3) is 5.57 Å². The summed E-state index contributed by atoms with van der Waals surface area (Å²) in [4.78, 5) is 17.2. The normalized spacial score (nSPS) is 24.7. The van der Waals surface area contributed by atoms with Crippen molar-refractivity contribution < 1.29 is 26.7 Å². The van der Waals surface area contributed by atoms with Gasteiger partial charge < -0.3 is 10.1 Å². The Hall–Kier alpha value is -1.78. The summed E-state index contributed by atoms with van der Waals surface area (Å²) in [6.45, 7) is 0.691. The maximum absolute atomic E-state index is 13.6. The number of allylic oxidation sites excluding steroid dienone is 1. The van der Waals surface area contributed by atoms with Crippen LogP contribution in [0.1, 0.15) is 18.4 Å². The first-order chi connectivity index (χ1) is 14.3. The molecule has 0 aromatic heterocycles. The van der Waals surface area contributed by atoms with Gasteiger partial charge in [0.1, 0.15) is 12.3 Å². The topological polar surface area (TPSA) is 84.8 Å². The second-order valence-corrected chi connectivity index (χ2v) is 10.4. The van der Waals surface area contributed by atoms with E-state index < -0.39 is 34.0 Å². The third-order valence-corrected chi connectivity index (χ3v) is 7.57. The molecule has 1 unspecified atom stereocenters. The fraction of sp³-hybridized carbons (Fsp3) is 0.500. The van der Waals surface area contributed by atoms with Crippen molar-refractivity contribution in [3.63, 3.8) is 0 Å². The number of hydrogen-bond donors (Lipinski definition) is 1. The smallest absolute Gasteiger partial charge is 0.257 e. The molecule has 2 aliphatic rings. The summed E-state index contributed by atoms with van der Waals surface area (Å²) in [6.07, 6.45) is -1.48. The van der Waals surface area contributed by atoms with E-state index in [1.54, 1.807) is 6.08 Å². The van der Waals surface area contributed by atoms with E-state index in [1.165, 1.54) is 43.1 Å². The van der Waals surface area contributed by atoms with E-state index in [-0.39, 0.29) is 35.7 Å². The van der Waals surface area contributed by atoms with Crippen LogP contribution in [0.15, 0.2) is 40.2 Å². The summed E-state index contributed by atoms with van der Waals surface area (Å²) in [5.41, 5.74) is 0.719. The summed E-state index contributed by atoms with van der Waals surface area (Å²) in [5.74, 6) is -0.228. The molecular formula is C20H24F2N2O4S2. The lowest BCUT2D eigenvalue weighted by molar-refractivity contribution is -0.114. The molecule has 3 rings (SSSR count). The van der Waals surface area contributed by atoms with Crippen molar-refractivity contribution in [2.24, 2.45) is 10.9 Å². The first-order valence-corrected chi connectivity index (χ1v) is 12.2. The quantitative estimate of drug-likeness (QED) is 0.635. The van der Waals surface area contributed by atoms with E-state index in [1.807, 2.05) is 0 Å². The van der Waals surface area contributed by atoms with Crippen molar-refractivity contribution in [1.29, 1.82) is 0 Å². The van der Waals surface area contributed by atoms with E-state index in [0.29, 0.717) is 17.3 Å². The zero-order valence-corrected chi connectivity index (χ0v) is 18.1. The first kappa shape index (κ1) is 22.9. The molecule has 1 aliphatic carbocycles. The summed E-state index contributed by atoms with van der Waals surface area (Å²) < 4.78 is 56.7. The third kappa shape index (κ3) is 5.67. The lowest BCUT2D eigenvalue weighted by Crippen LogP contribution is -2.28. The minimum absolute atomic E-state index is 0.0110. The Labute approximate surface area is 179 Å².